The topological polar surface area (TPSA) is 71.3 Å². The number of aromatic nitrogens is 2. The molecule has 6 nitrogen and oxygen atoms in total. The van der Waals surface area contributed by atoms with Crippen LogP contribution in [-0.4, -0.2) is 40.6 Å². The predicted octanol–water partition coefficient (Wildman–Crippen LogP) is 4.63. The van der Waals surface area contributed by atoms with Crippen molar-refractivity contribution < 1.29 is 9.32 Å². The molecule has 0 bridgehead atoms. The quantitative estimate of drug-likeness (QED) is 0.555. The number of rotatable bonds is 8. The van der Waals surface area contributed by atoms with Gasteiger partial charge >= 0.3 is 0 Å². The van der Waals surface area contributed by atoms with Crippen molar-refractivity contribution in [3.63, 3.8) is 0 Å². The van der Waals surface area contributed by atoms with Gasteiger partial charge in [0, 0.05) is 29.8 Å². The summed E-state index contributed by atoms with van der Waals surface area (Å²) in [7, 11) is 0. The van der Waals surface area contributed by atoms with Crippen LogP contribution in [-0.2, 0) is 11.2 Å². The Bertz CT molecular complexity index is 960. The van der Waals surface area contributed by atoms with Gasteiger partial charge in [-0.3, -0.25) is 9.69 Å². The second-order valence-electron chi connectivity index (χ2n) is 8.43. The molecule has 1 aliphatic rings. The standard InChI is InChI=1S/C24H30N4O2S/c1-17-5-7-19(8-6-17)24-26-23(30-27-24)10-9-22(29)25-16-20(21-4-3-15-31-21)28-13-11-18(2)12-14-28/h3-8,15,18,20H,9-14,16H2,1-2H3,(H,25,29)/t20-/m1/s1. The number of hydrogen-bond acceptors (Lipinski definition) is 6. The van der Waals surface area contributed by atoms with E-state index in [9.17, 15) is 4.79 Å². The van der Waals surface area contributed by atoms with E-state index in [1.165, 1.54) is 23.3 Å². The summed E-state index contributed by atoms with van der Waals surface area (Å²) in [6.45, 7) is 7.17. The number of benzene rings is 1. The van der Waals surface area contributed by atoms with E-state index < -0.39 is 0 Å². The van der Waals surface area contributed by atoms with Crippen LogP contribution in [0.1, 0.15) is 48.6 Å². The Labute approximate surface area is 187 Å². The zero-order chi connectivity index (χ0) is 21.6. The maximum absolute atomic E-state index is 12.5. The van der Waals surface area contributed by atoms with Gasteiger partial charge in [-0.2, -0.15) is 4.98 Å². The molecule has 1 fully saturated rings. The zero-order valence-electron chi connectivity index (χ0n) is 18.2. The molecule has 2 aromatic heterocycles. The fourth-order valence-electron chi connectivity index (χ4n) is 3.93. The third-order valence-electron chi connectivity index (χ3n) is 5.97. The molecule has 1 atom stereocenters. The number of nitrogens with one attached hydrogen (secondary N) is 1. The minimum absolute atomic E-state index is 0.0158. The van der Waals surface area contributed by atoms with E-state index in [0.29, 0.717) is 31.1 Å². The number of nitrogens with zero attached hydrogens (tertiary/aromatic N) is 3. The summed E-state index contributed by atoms with van der Waals surface area (Å²) in [6.07, 6.45) is 3.21. The lowest BCUT2D eigenvalue weighted by Gasteiger charge is -2.36. The Hall–Kier alpha value is -2.51. The van der Waals surface area contributed by atoms with Crippen LogP contribution in [0.15, 0.2) is 46.3 Å². The van der Waals surface area contributed by atoms with Crippen molar-refractivity contribution in [3.05, 3.63) is 58.1 Å². The van der Waals surface area contributed by atoms with Crippen molar-refractivity contribution in [3.8, 4) is 11.4 Å². The van der Waals surface area contributed by atoms with Crippen molar-refractivity contribution in [1.82, 2.24) is 20.4 Å². The lowest BCUT2D eigenvalue weighted by atomic mass is 9.97. The number of thiophene rings is 1. The van der Waals surface area contributed by atoms with E-state index in [4.69, 9.17) is 4.52 Å². The maximum Gasteiger partial charge on any atom is 0.227 e. The summed E-state index contributed by atoms with van der Waals surface area (Å²) in [4.78, 5) is 20.8. The highest BCUT2D eigenvalue weighted by Gasteiger charge is 2.25. The molecule has 0 saturated carbocycles. The number of carbonyl (C=O) groups excluding carboxylic acids is 1. The molecule has 0 unspecified atom stereocenters. The number of aryl methyl sites for hydroxylation is 2. The second-order valence-corrected chi connectivity index (χ2v) is 9.41. The van der Waals surface area contributed by atoms with E-state index in [-0.39, 0.29) is 11.9 Å². The Morgan fingerprint density at radius 3 is 2.74 bits per heavy atom. The maximum atomic E-state index is 12.5. The van der Waals surface area contributed by atoms with Gasteiger partial charge in [0.1, 0.15) is 0 Å². The average Bonchev–Trinajstić information content (AvgIpc) is 3.47. The number of piperidine rings is 1. The first-order chi connectivity index (χ1) is 15.1. The lowest BCUT2D eigenvalue weighted by molar-refractivity contribution is -0.121. The lowest BCUT2D eigenvalue weighted by Crippen LogP contribution is -2.41. The first-order valence-corrected chi connectivity index (χ1v) is 11.9. The van der Waals surface area contributed by atoms with Gasteiger partial charge in [0.25, 0.3) is 0 Å². The van der Waals surface area contributed by atoms with E-state index >= 15 is 0 Å². The minimum Gasteiger partial charge on any atom is -0.354 e. The van der Waals surface area contributed by atoms with Crippen LogP contribution in [0.3, 0.4) is 0 Å². The number of amides is 1. The van der Waals surface area contributed by atoms with Crippen LogP contribution in [0.4, 0.5) is 0 Å². The monoisotopic (exact) mass is 438 g/mol. The SMILES string of the molecule is Cc1ccc(-c2noc(CCC(=O)NC[C@H](c3cccs3)N3CCC(C)CC3)n2)cc1. The largest absolute Gasteiger partial charge is 0.354 e. The van der Waals surface area contributed by atoms with Crippen molar-refractivity contribution in [2.45, 2.75) is 45.6 Å². The highest BCUT2D eigenvalue weighted by Crippen LogP contribution is 2.29. The first kappa shape index (κ1) is 21.7. The molecule has 0 radical (unpaired) electrons. The molecule has 4 rings (SSSR count). The molecule has 1 amide bonds. The van der Waals surface area contributed by atoms with E-state index in [2.05, 4.69) is 44.8 Å². The van der Waals surface area contributed by atoms with Crippen molar-refractivity contribution in [1.29, 1.82) is 0 Å². The van der Waals surface area contributed by atoms with Gasteiger partial charge in [-0.25, -0.2) is 0 Å². The van der Waals surface area contributed by atoms with Gasteiger partial charge in [-0.1, -0.05) is 48.0 Å². The van der Waals surface area contributed by atoms with E-state index in [1.807, 2.05) is 31.2 Å². The Morgan fingerprint density at radius 2 is 2.03 bits per heavy atom. The second kappa shape index (κ2) is 10.2. The molecule has 31 heavy (non-hydrogen) atoms. The molecule has 3 aromatic rings. The van der Waals surface area contributed by atoms with Crippen molar-refractivity contribution in [2.75, 3.05) is 19.6 Å². The fraction of sp³-hybridized carbons (Fsp3) is 0.458. The van der Waals surface area contributed by atoms with Gasteiger partial charge in [0.15, 0.2) is 0 Å². The van der Waals surface area contributed by atoms with Crippen molar-refractivity contribution in [2.24, 2.45) is 5.92 Å². The third-order valence-corrected chi connectivity index (χ3v) is 6.94. The smallest absolute Gasteiger partial charge is 0.227 e. The minimum atomic E-state index is 0.0158. The van der Waals surface area contributed by atoms with Crippen molar-refractivity contribution >= 4 is 17.2 Å². The van der Waals surface area contributed by atoms with Crippen LogP contribution in [0.2, 0.25) is 0 Å². The van der Waals surface area contributed by atoms with Gasteiger partial charge in [-0.05, 0) is 50.2 Å². The molecule has 7 heteroatoms. The van der Waals surface area contributed by atoms with Gasteiger partial charge < -0.3 is 9.84 Å². The molecule has 164 valence electrons. The predicted molar refractivity (Wildman–Crippen MR) is 123 cm³/mol. The van der Waals surface area contributed by atoms with Crippen LogP contribution in [0, 0.1) is 12.8 Å². The van der Waals surface area contributed by atoms with E-state index in [0.717, 1.165) is 24.6 Å². The van der Waals surface area contributed by atoms with Crippen LogP contribution in [0.25, 0.3) is 11.4 Å². The Morgan fingerprint density at radius 1 is 1.26 bits per heavy atom. The summed E-state index contributed by atoms with van der Waals surface area (Å²) in [6, 6.07) is 12.5. The molecular formula is C24H30N4O2S. The highest BCUT2D eigenvalue weighted by atomic mass is 32.1. The van der Waals surface area contributed by atoms with Crippen LogP contribution < -0.4 is 5.32 Å². The third kappa shape index (κ3) is 5.80. The molecule has 1 aliphatic heterocycles. The number of carbonyl (C=O) groups is 1. The fourth-order valence-corrected chi connectivity index (χ4v) is 4.79. The first-order valence-electron chi connectivity index (χ1n) is 11.0. The number of hydrogen-bond donors (Lipinski definition) is 1. The normalized spacial score (nSPS) is 16.3. The summed E-state index contributed by atoms with van der Waals surface area (Å²) in [5.74, 6) is 1.86. The molecule has 3 heterocycles. The summed E-state index contributed by atoms with van der Waals surface area (Å²) < 4.78 is 5.34. The molecule has 1 saturated heterocycles. The van der Waals surface area contributed by atoms with E-state index in [1.54, 1.807) is 11.3 Å². The summed E-state index contributed by atoms with van der Waals surface area (Å²) in [5, 5.41) is 9.29. The van der Waals surface area contributed by atoms with Gasteiger partial charge in [0.2, 0.25) is 17.6 Å². The number of likely N-dealkylation sites (tertiary alicyclic amines) is 1. The van der Waals surface area contributed by atoms with Crippen LogP contribution >= 0.6 is 11.3 Å². The highest BCUT2D eigenvalue weighted by molar-refractivity contribution is 7.10. The average molecular weight is 439 g/mol. The Kier molecular flexibility index (Phi) is 7.14. The van der Waals surface area contributed by atoms with Crippen LogP contribution in [0.5, 0.6) is 0 Å². The summed E-state index contributed by atoms with van der Waals surface area (Å²) >= 11 is 1.76. The van der Waals surface area contributed by atoms with Gasteiger partial charge in [-0.15, -0.1) is 11.3 Å². The Balaban J connectivity index is 1.29. The molecular weight excluding hydrogens is 408 g/mol. The molecule has 1 aromatic carbocycles. The zero-order valence-corrected chi connectivity index (χ0v) is 19.0. The summed E-state index contributed by atoms with van der Waals surface area (Å²) in [5.41, 5.74) is 2.10. The van der Waals surface area contributed by atoms with Gasteiger partial charge in [0.05, 0.1) is 6.04 Å². The molecule has 1 N–H and O–H groups in total. The molecule has 0 aliphatic carbocycles. The molecule has 0 spiro atoms.